The van der Waals surface area contributed by atoms with Crippen molar-refractivity contribution >= 4 is 12.0 Å². The van der Waals surface area contributed by atoms with Gasteiger partial charge in [0.25, 0.3) is 0 Å². The van der Waals surface area contributed by atoms with Crippen LogP contribution in [0.25, 0.3) is 0 Å². The molecule has 116 valence electrons. The van der Waals surface area contributed by atoms with Crippen molar-refractivity contribution in [3.63, 3.8) is 0 Å². The van der Waals surface area contributed by atoms with E-state index in [1.807, 2.05) is 0 Å². The van der Waals surface area contributed by atoms with Gasteiger partial charge < -0.3 is 25.7 Å². The highest BCUT2D eigenvalue weighted by Crippen LogP contribution is 2.15. The molecule has 0 aromatic heterocycles. The van der Waals surface area contributed by atoms with Gasteiger partial charge in [0.2, 0.25) is 0 Å². The minimum Gasteiger partial charge on any atom is -0.480 e. The normalized spacial score (nSPS) is 21.2. The molecule has 1 saturated heterocycles. The zero-order chi connectivity index (χ0) is 15.0. The van der Waals surface area contributed by atoms with E-state index < -0.39 is 24.6 Å². The van der Waals surface area contributed by atoms with Gasteiger partial charge >= 0.3 is 12.0 Å². The number of carbonyl (C=O) groups excluding carboxylic acids is 1. The predicted molar refractivity (Wildman–Crippen MR) is 74.5 cm³/mol. The maximum absolute atomic E-state index is 11.4. The van der Waals surface area contributed by atoms with Crippen molar-refractivity contribution in [2.24, 2.45) is 0 Å². The molecule has 0 saturated carbocycles. The summed E-state index contributed by atoms with van der Waals surface area (Å²) in [6.45, 7) is 4.14. The number of piperidine rings is 1. The van der Waals surface area contributed by atoms with E-state index in [0.29, 0.717) is 12.6 Å². The van der Waals surface area contributed by atoms with Gasteiger partial charge in [-0.15, -0.1) is 0 Å². The molecule has 0 aromatic carbocycles. The standard InChI is InChI=1S/C13H25N3O4/c1-10-5-2-3-7-16(10)8-4-6-14-13(20)15-11(9-17)12(18)19/h10-11,17H,2-9H2,1H3,(H,18,19)(H2,14,15,20). The Morgan fingerprint density at radius 1 is 1.40 bits per heavy atom. The van der Waals surface area contributed by atoms with Gasteiger partial charge in [-0.2, -0.15) is 0 Å². The fourth-order valence-corrected chi connectivity index (χ4v) is 2.37. The lowest BCUT2D eigenvalue weighted by molar-refractivity contribution is -0.140. The third-order valence-corrected chi connectivity index (χ3v) is 3.63. The second-order valence-corrected chi connectivity index (χ2v) is 5.21. The number of urea groups is 1. The van der Waals surface area contributed by atoms with Gasteiger partial charge in [-0.05, 0) is 32.7 Å². The average Bonchev–Trinajstić information content (AvgIpc) is 2.42. The molecule has 1 fully saturated rings. The van der Waals surface area contributed by atoms with Crippen molar-refractivity contribution < 1.29 is 19.8 Å². The van der Waals surface area contributed by atoms with Crippen molar-refractivity contribution in [2.75, 3.05) is 26.2 Å². The molecule has 2 amide bonds. The topological polar surface area (TPSA) is 102 Å². The highest BCUT2D eigenvalue weighted by molar-refractivity contribution is 5.82. The summed E-state index contributed by atoms with van der Waals surface area (Å²) in [7, 11) is 0. The number of amides is 2. The van der Waals surface area contributed by atoms with Crippen molar-refractivity contribution in [2.45, 2.75) is 44.7 Å². The van der Waals surface area contributed by atoms with E-state index in [0.717, 1.165) is 19.5 Å². The molecule has 0 aliphatic carbocycles. The number of nitrogens with one attached hydrogen (secondary N) is 2. The van der Waals surface area contributed by atoms with Crippen LogP contribution in [0.2, 0.25) is 0 Å². The molecule has 2 atom stereocenters. The van der Waals surface area contributed by atoms with E-state index in [1.54, 1.807) is 0 Å². The Morgan fingerprint density at radius 2 is 2.15 bits per heavy atom. The van der Waals surface area contributed by atoms with Gasteiger partial charge in [-0.1, -0.05) is 6.42 Å². The molecule has 1 rings (SSSR count). The Balaban J connectivity index is 2.14. The molecule has 2 unspecified atom stereocenters. The summed E-state index contributed by atoms with van der Waals surface area (Å²) >= 11 is 0. The monoisotopic (exact) mass is 287 g/mol. The zero-order valence-electron chi connectivity index (χ0n) is 12.0. The van der Waals surface area contributed by atoms with Crippen molar-refractivity contribution in [1.82, 2.24) is 15.5 Å². The second-order valence-electron chi connectivity index (χ2n) is 5.21. The number of aliphatic hydroxyl groups excluding tert-OH is 1. The van der Waals surface area contributed by atoms with Crippen LogP contribution < -0.4 is 10.6 Å². The van der Waals surface area contributed by atoms with Crippen LogP contribution in [-0.2, 0) is 4.79 Å². The largest absolute Gasteiger partial charge is 0.480 e. The van der Waals surface area contributed by atoms with E-state index in [4.69, 9.17) is 10.2 Å². The third-order valence-electron chi connectivity index (χ3n) is 3.63. The van der Waals surface area contributed by atoms with E-state index in [-0.39, 0.29) is 0 Å². The number of aliphatic carboxylic acids is 1. The van der Waals surface area contributed by atoms with Gasteiger partial charge in [0, 0.05) is 19.1 Å². The Hall–Kier alpha value is -1.34. The number of hydrogen-bond donors (Lipinski definition) is 4. The van der Waals surface area contributed by atoms with Crippen LogP contribution >= 0.6 is 0 Å². The number of aliphatic hydroxyl groups is 1. The van der Waals surface area contributed by atoms with E-state index in [1.165, 1.54) is 19.3 Å². The molecule has 7 nitrogen and oxygen atoms in total. The van der Waals surface area contributed by atoms with Crippen LogP contribution in [0.3, 0.4) is 0 Å². The summed E-state index contributed by atoms with van der Waals surface area (Å²) in [5.74, 6) is -1.25. The molecule has 0 spiro atoms. The fourth-order valence-electron chi connectivity index (χ4n) is 2.37. The van der Waals surface area contributed by atoms with E-state index >= 15 is 0 Å². The zero-order valence-corrected chi connectivity index (χ0v) is 12.0. The van der Waals surface area contributed by atoms with Crippen LogP contribution in [0, 0.1) is 0 Å². The number of carbonyl (C=O) groups is 2. The molecule has 7 heteroatoms. The first kappa shape index (κ1) is 16.7. The SMILES string of the molecule is CC1CCCCN1CCCNC(=O)NC(CO)C(=O)O. The lowest BCUT2D eigenvalue weighted by Crippen LogP contribution is -2.48. The van der Waals surface area contributed by atoms with Crippen molar-refractivity contribution in [1.29, 1.82) is 0 Å². The number of nitrogens with zero attached hydrogens (tertiary/aromatic N) is 1. The first-order chi connectivity index (χ1) is 9.54. The van der Waals surface area contributed by atoms with Gasteiger partial charge in [-0.25, -0.2) is 9.59 Å². The number of carboxylic acid groups (broad SMARTS) is 1. The minimum absolute atomic E-state index is 0.493. The second kappa shape index (κ2) is 8.76. The highest BCUT2D eigenvalue weighted by Gasteiger charge is 2.19. The summed E-state index contributed by atoms with van der Waals surface area (Å²) in [5, 5.41) is 22.3. The number of hydrogen-bond acceptors (Lipinski definition) is 4. The Morgan fingerprint density at radius 3 is 2.75 bits per heavy atom. The minimum atomic E-state index is -1.25. The van der Waals surface area contributed by atoms with Crippen LogP contribution in [-0.4, -0.2) is 65.4 Å². The first-order valence-corrected chi connectivity index (χ1v) is 7.16. The fraction of sp³-hybridized carbons (Fsp3) is 0.846. The number of likely N-dealkylation sites (tertiary alicyclic amines) is 1. The summed E-state index contributed by atoms with van der Waals surface area (Å²) in [4.78, 5) is 24.5. The molecule has 1 heterocycles. The highest BCUT2D eigenvalue weighted by atomic mass is 16.4. The van der Waals surface area contributed by atoms with Crippen LogP contribution in [0.1, 0.15) is 32.6 Å². The van der Waals surface area contributed by atoms with Crippen LogP contribution in [0.5, 0.6) is 0 Å². The predicted octanol–water partition coefficient (Wildman–Crippen LogP) is -0.00440. The molecular formula is C13H25N3O4. The summed E-state index contributed by atoms with van der Waals surface area (Å²) in [5.41, 5.74) is 0. The molecule has 20 heavy (non-hydrogen) atoms. The molecule has 1 aliphatic rings. The molecular weight excluding hydrogens is 262 g/mol. The molecule has 1 aliphatic heterocycles. The lowest BCUT2D eigenvalue weighted by Gasteiger charge is -2.33. The van der Waals surface area contributed by atoms with Crippen molar-refractivity contribution in [3.05, 3.63) is 0 Å². The van der Waals surface area contributed by atoms with Gasteiger partial charge in [0.1, 0.15) is 0 Å². The third kappa shape index (κ3) is 5.75. The maximum atomic E-state index is 11.4. The van der Waals surface area contributed by atoms with Crippen molar-refractivity contribution in [3.8, 4) is 0 Å². The maximum Gasteiger partial charge on any atom is 0.328 e. The lowest BCUT2D eigenvalue weighted by atomic mass is 10.0. The first-order valence-electron chi connectivity index (χ1n) is 7.16. The van der Waals surface area contributed by atoms with Gasteiger partial charge in [0.05, 0.1) is 6.61 Å². The smallest absolute Gasteiger partial charge is 0.328 e. The Kier molecular flexibility index (Phi) is 7.32. The summed E-state index contributed by atoms with van der Waals surface area (Å²) in [6, 6.07) is -1.21. The quantitative estimate of drug-likeness (QED) is 0.494. The Labute approximate surface area is 119 Å². The number of carboxylic acids is 1. The molecule has 0 bridgehead atoms. The number of rotatable bonds is 7. The molecule has 0 radical (unpaired) electrons. The molecule has 4 N–H and O–H groups in total. The average molecular weight is 287 g/mol. The van der Waals surface area contributed by atoms with Crippen LogP contribution in [0.4, 0.5) is 4.79 Å². The van der Waals surface area contributed by atoms with Gasteiger partial charge in [0.15, 0.2) is 6.04 Å². The summed E-state index contributed by atoms with van der Waals surface area (Å²) < 4.78 is 0. The van der Waals surface area contributed by atoms with E-state index in [9.17, 15) is 9.59 Å². The summed E-state index contributed by atoms with van der Waals surface area (Å²) in [6.07, 6.45) is 4.57. The Bertz CT molecular complexity index is 325. The van der Waals surface area contributed by atoms with Gasteiger partial charge in [-0.3, -0.25) is 0 Å². The van der Waals surface area contributed by atoms with Crippen LogP contribution in [0.15, 0.2) is 0 Å². The molecule has 0 aromatic rings. The van der Waals surface area contributed by atoms with E-state index in [2.05, 4.69) is 22.5 Å².